The lowest BCUT2D eigenvalue weighted by molar-refractivity contribution is 0.608. The molecule has 0 atom stereocenters. The molecule has 1 aromatic heterocycles. The molecular formula is C9H16ClN3. The molecule has 3 nitrogen and oxygen atoms in total. The predicted octanol–water partition coefficient (Wildman–Crippen LogP) is 1.96. The van der Waals surface area contributed by atoms with Crippen molar-refractivity contribution in [1.82, 2.24) is 14.9 Å². The second-order valence-corrected chi connectivity index (χ2v) is 3.47. The molecule has 1 aromatic rings. The molecule has 13 heavy (non-hydrogen) atoms. The van der Waals surface area contributed by atoms with Gasteiger partial charge in [0.25, 0.3) is 0 Å². The van der Waals surface area contributed by atoms with Crippen LogP contribution in [0.3, 0.4) is 0 Å². The lowest BCUT2D eigenvalue weighted by Crippen LogP contribution is -2.17. The molecule has 74 valence electrons. The molecule has 0 fully saturated rings. The molecule has 0 bridgehead atoms. The van der Waals surface area contributed by atoms with Gasteiger partial charge in [0.05, 0.1) is 12.7 Å². The minimum atomic E-state index is 0.687. The first kappa shape index (κ1) is 10.5. The first-order chi connectivity index (χ1) is 6.25. The summed E-state index contributed by atoms with van der Waals surface area (Å²) in [7, 11) is 1.92. The Balaban J connectivity index is 2.32. The molecule has 0 aromatic carbocycles. The summed E-state index contributed by atoms with van der Waals surface area (Å²) in [6, 6.07) is 0. The number of aromatic nitrogens is 2. The number of hydrogen-bond acceptors (Lipinski definition) is 2. The van der Waals surface area contributed by atoms with Crippen LogP contribution in [0, 0.1) is 0 Å². The van der Waals surface area contributed by atoms with Crippen LogP contribution in [0.25, 0.3) is 0 Å². The fourth-order valence-electron chi connectivity index (χ4n) is 1.09. The van der Waals surface area contributed by atoms with Gasteiger partial charge in [-0.2, -0.15) is 0 Å². The number of imidazole rings is 1. The van der Waals surface area contributed by atoms with E-state index in [0.717, 1.165) is 18.9 Å². The van der Waals surface area contributed by atoms with Gasteiger partial charge in [0.2, 0.25) is 0 Å². The zero-order chi connectivity index (χ0) is 9.68. The molecule has 1 rings (SSSR count). The maximum Gasteiger partial charge on any atom is 0.128 e. The van der Waals surface area contributed by atoms with E-state index < -0.39 is 0 Å². The van der Waals surface area contributed by atoms with Crippen LogP contribution in [-0.4, -0.2) is 16.1 Å². The molecule has 0 aliphatic heterocycles. The first-order valence-corrected chi connectivity index (χ1v) is 5.00. The van der Waals surface area contributed by atoms with E-state index in [4.69, 9.17) is 11.6 Å². The SMILES string of the molecule is CCCCNCc1ncc(Cl)n1C. The second-order valence-electron chi connectivity index (χ2n) is 3.09. The summed E-state index contributed by atoms with van der Waals surface area (Å²) in [5.41, 5.74) is 0. The summed E-state index contributed by atoms with van der Waals surface area (Å²) in [6.07, 6.45) is 4.10. The molecule has 0 unspecified atom stereocenters. The Kier molecular flexibility index (Phi) is 4.25. The van der Waals surface area contributed by atoms with E-state index in [-0.39, 0.29) is 0 Å². The molecule has 0 aliphatic carbocycles. The van der Waals surface area contributed by atoms with Crippen LogP contribution in [0.1, 0.15) is 25.6 Å². The Morgan fingerprint density at radius 2 is 2.38 bits per heavy atom. The molecule has 4 heteroatoms. The number of nitrogens with zero attached hydrogens (tertiary/aromatic N) is 2. The maximum atomic E-state index is 5.84. The number of halogens is 1. The van der Waals surface area contributed by atoms with Crippen LogP contribution in [-0.2, 0) is 13.6 Å². The average Bonchev–Trinajstić information content (AvgIpc) is 2.43. The Labute approximate surface area is 84.1 Å². The van der Waals surface area contributed by atoms with Gasteiger partial charge in [0.1, 0.15) is 11.0 Å². The van der Waals surface area contributed by atoms with Gasteiger partial charge in [-0.3, -0.25) is 0 Å². The lowest BCUT2D eigenvalue weighted by atomic mass is 10.3. The summed E-state index contributed by atoms with van der Waals surface area (Å²) in [6.45, 7) is 4.02. The maximum absolute atomic E-state index is 5.84. The van der Waals surface area contributed by atoms with Gasteiger partial charge in [0.15, 0.2) is 0 Å². The van der Waals surface area contributed by atoms with Crippen molar-refractivity contribution in [3.63, 3.8) is 0 Å². The van der Waals surface area contributed by atoms with E-state index in [9.17, 15) is 0 Å². The average molecular weight is 202 g/mol. The third-order valence-electron chi connectivity index (χ3n) is 2.02. The first-order valence-electron chi connectivity index (χ1n) is 4.62. The largest absolute Gasteiger partial charge is 0.321 e. The van der Waals surface area contributed by atoms with Gasteiger partial charge in [-0.25, -0.2) is 4.98 Å². The van der Waals surface area contributed by atoms with Gasteiger partial charge >= 0.3 is 0 Å². The molecule has 1 heterocycles. The highest BCUT2D eigenvalue weighted by Crippen LogP contribution is 2.08. The highest BCUT2D eigenvalue weighted by Gasteiger charge is 2.02. The van der Waals surface area contributed by atoms with Crippen LogP contribution in [0.5, 0.6) is 0 Å². The van der Waals surface area contributed by atoms with Crippen molar-refractivity contribution in [2.45, 2.75) is 26.3 Å². The van der Waals surface area contributed by atoms with Gasteiger partial charge in [-0.15, -0.1) is 0 Å². The van der Waals surface area contributed by atoms with Crippen molar-refractivity contribution in [1.29, 1.82) is 0 Å². The summed E-state index contributed by atoms with van der Waals surface area (Å²) >= 11 is 5.84. The van der Waals surface area contributed by atoms with Crippen molar-refractivity contribution in [2.75, 3.05) is 6.54 Å². The van der Waals surface area contributed by atoms with Crippen molar-refractivity contribution in [2.24, 2.45) is 7.05 Å². The highest BCUT2D eigenvalue weighted by atomic mass is 35.5. The summed E-state index contributed by atoms with van der Waals surface area (Å²) in [4.78, 5) is 4.18. The lowest BCUT2D eigenvalue weighted by Gasteiger charge is -2.03. The van der Waals surface area contributed by atoms with E-state index in [0.29, 0.717) is 5.15 Å². The topological polar surface area (TPSA) is 29.9 Å². The number of unbranched alkanes of at least 4 members (excludes halogenated alkanes) is 1. The van der Waals surface area contributed by atoms with Gasteiger partial charge < -0.3 is 9.88 Å². The molecule has 0 aliphatic rings. The minimum Gasteiger partial charge on any atom is -0.321 e. The molecule has 0 spiro atoms. The van der Waals surface area contributed by atoms with E-state index >= 15 is 0 Å². The monoisotopic (exact) mass is 201 g/mol. The van der Waals surface area contributed by atoms with Crippen LogP contribution >= 0.6 is 11.6 Å². The highest BCUT2D eigenvalue weighted by molar-refractivity contribution is 6.29. The van der Waals surface area contributed by atoms with E-state index in [1.165, 1.54) is 12.8 Å². The Bertz CT molecular complexity index is 257. The van der Waals surface area contributed by atoms with Crippen LogP contribution in [0.15, 0.2) is 6.20 Å². The third-order valence-corrected chi connectivity index (χ3v) is 2.37. The summed E-state index contributed by atoms with van der Waals surface area (Å²) in [5.74, 6) is 0.987. The molecule has 0 amide bonds. The van der Waals surface area contributed by atoms with Crippen molar-refractivity contribution in [3.05, 3.63) is 17.2 Å². The predicted molar refractivity (Wildman–Crippen MR) is 54.8 cm³/mol. The van der Waals surface area contributed by atoms with Gasteiger partial charge in [0, 0.05) is 7.05 Å². The van der Waals surface area contributed by atoms with Gasteiger partial charge in [-0.05, 0) is 13.0 Å². The van der Waals surface area contributed by atoms with E-state index in [1.807, 2.05) is 11.6 Å². The summed E-state index contributed by atoms with van der Waals surface area (Å²) in [5, 5.41) is 4.00. The molecule has 0 saturated heterocycles. The summed E-state index contributed by atoms with van der Waals surface area (Å²) < 4.78 is 1.89. The number of hydrogen-bond donors (Lipinski definition) is 1. The number of rotatable bonds is 5. The Morgan fingerprint density at radius 3 is 2.92 bits per heavy atom. The second kappa shape index (κ2) is 5.25. The standard InChI is InChI=1S/C9H16ClN3/c1-3-4-5-11-7-9-12-6-8(10)13(9)2/h6,11H,3-5,7H2,1-2H3. The molecule has 0 saturated carbocycles. The van der Waals surface area contributed by atoms with E-state index in [1.54, 1.807) is 6.20 Å². The normalized spacial score (nSPS) is 10.7. The van der Waals surface area contributed by atoms with Crippen LogP contribution < -0.4 is 5.32 Å². The molecule has 0 radical (unpaired) electrons. The Hall–Kier alpha value is -0.540. The third kappa shape index (κ3) is 3.01. The smallest absolute Gasteiger partial charge is 0.128 e. The zero-order valence-corrected chi connectivity index (χ0v) is 8.93. The molecular weight excluding hydrogens is 186 g/mol. The fourth-order valence-corrected chi connectivity index (χ4v) is 1.24. The van der Waals surface area contributed by atoms with Gasteiger partial charge in [-0.1, -0.05) is 24.9 Å². The van der Waals surface area contributed by atoms with Crippen LogP contribution in [0.4, 0.5) is 0 Å². The van der Waals surface area contributed by atoms with Crippen LogP contribution in [0.2, 0.25) is 5.15 Å². The molecule has 1 N–H and O–H groups in total. The van der Waals surface area contributed by atoms with E-state index in [2.05, 4.69) is 17.2 Å². The van der Waals surface area contributed by atoms with Crippen molar-refractivity contribution >= 4 is 11.6 Å². The number of nitrogens with one attached hydrogen (secondary N) is 1. The quantitative estimate of drug-likeness (QED) is 0.739. The van der Waals surface area contributed by atoms with Crippen molar-refractivity contribution in [3.8, 4) is 0 Å². The van der Waals surface area contributed by atoms with Crippen molar-refractivity contribution < 1.29 is 0 Å². The Morgan fingerprint density at radius 1 is 1.62 bits per heavy atom. The fraction of sp³-hybridized carbons (Fsp3) is 0.667. The minimum absolute atomic E-state index is 0.687. The zero-order valence-electron chi connectivity index (χ0n) is 8.18.